The Morgan fingerprint density at radius 2 is 1.71 bits per heavy atom. The van der Waals surface area contributed by atoms with E-state index >= 15 is 0 Å². The summed E-state index contributed by atoms with van der Waals surface area (Å²) in [6.45, 7) is 11.0. The molecule has 3 heteroatoms. The highest BCUT2D eigenvalue weighted by molar-refractivity contribution is 5.95. The van der Waals surface area contributed by atoms with Crippen LogP contribution in [0.3, 0.4) is 0 Å². The van der Waals surface area contributed by atoms with Gasteiger partial charge in [0.25, 0.3) is 5.91 Å². The van der Waals surface area contributed by atoms with Crippen molar-refractivity contribution in [2.45, 2.75) is 27.3 Å². The molecule has 3 nitrogen and oxygen atoms in total. The molecule has 1 saturated heterocycles. The molecule has 1 amide bonds. The van der Waals surface area contributed by atoms with Gasteiger partial charge >= 0.3 is 0 Å². The van der Waals surface area contributed by atoms with Gasteiger partial charge in [-0.2, -0.15) is 0 Å². The molecular formula is C21H27N2O+. The highest BCUT2D eigenvalue weighted by atomic mass is 16.2. The average Bonchev–Trinajstić information content (AvgIpc) is 2.57. The van der Waals surface area contributed by atoms with Crippen LogP contribution in [-0.2, 0) is 6.54 Å². The number of quaternary nitrogens is 1. The summed E-state index contributed by atoms with van der Waals surface area (Å²) in [6, 6.07) is 14.9. The minimum Gasteiger partial charge on any atom is -0.328 e. The molecule has 0 aliphatic carbocycles. The molecule has 1 N–H and O–H groups in total. The predicted molar refractivity (Wildman–Crippen MR) is 97.4 cm³/mol. The Labute approximate surface area is 144 Å². The van der Waals surface area contributed by atoms with E-state index in [1.165, 1.54) is 11.1 Å². The van der Waals surface area contributed by atoms with Crippen LogP contribution in [0, 0.1) is 20.8 Å². The lowest BCUT2D eigenvalue weighted by molar-refractivity contribution is -0.917. The lowest BCUT2D eigenvalue weighted by Gasteiger charge is -2.32. The number of rotatable bonds is 3. The van der Waals surface area contributed by atoms with Gasteiger partial charge in [-0.25, -0.2) is 0 Å². The van der Waals surface area contributed by atoms with Crippen LogP contribution in [0.5, 0.6) is 0 Å². The summed E-state index contributed by atoms with van der Waals surface area (Å²) in [7, 11) is 0. The van der Waals surface area contributed by atoms with E-state index in [2.05, 4.69) is 37.3 Å². The lowest BCUT2D eigenvalue weighted by atomic mass is 10.0. The summed E-state index contributed by atoms with van der Waals surface area (Å²) < 4.78 is 0. The first-order valence-corrected chi connectivity index (χ1v) is 8.78. The Morgan fingerprint density at radius 1 is 1.00 bits per heavy atom. The SMILES string of the molecule is Cc1cccc(C[NH+]2CCN(C(=O)c3cc(C)ccc3C)CC2)c1. The Balaban J connectivity index is 1.60. The minimum atomic E-state index is 0.186. The second-order valence-electron chi connectivity index (χ2n) is 7.03. The number of nitrogens with zero attached hydrogens (tertiary/aromatic N) is 1. The fraction of sp³-hybridized carbons (Fsp3) is 0.381. The quantitative estimate of drug-likeness (QED) is 0.920. The molecule has 1 aliphatic rings. The second-order valence-corrected chi connectivity index (χ2v) is 7.03. The zero-order valence-electron chi connectivity index (χ0n) is 14.9. The molecule has 24 heavy (non-hydrogen) atoms. The van der Waals surface area contributed by atoms with Crippen molar-refractivity contribution in [2.24, 2.45) is 0 Å². The molecule has 0 spiro atoms. The van der Waals surface area contributed by atoms with E-state index in [0.29, 0.717) is 0 Å². The molecule has 0 radical (unpaired) electrons. The fourth-order valence-corrected chi connectivity index (χ4v) is 3.45. The van der Waals surface area contributed by atoms with Crippen LogP contribution in [0.4, 0.5) is 0 Å². The van der Waals surface area contributed by atoms with E-state index in [0.717, 1.165) is 49.4 Å². The number of benzene rings is 2. The lowest BCUT2D eigenvalue weighted by Crippen LogP contribution is -3.13. The zero-order valence-corrected chi connectivity index (χ0v) is 14.9. The van der Waals surface area contributed by atoms with Crippen LogP contribution in [0.1, 0.15) is 32.6 Å². The van der Waals surface area contributed by atoms with Gasteiger partial charge in [0.1, 0.15) is 6.54 Å². The Bertz CT molecular complexity index is 730. The minimum absolute atomic E-state index is 0.186. The summed E-state index contributed by atoms with van der Waals surface area (Å²) in [5, 5.41) is 0. The van der Waals surface area contributed by atoms with Crippen LogP contribution in [-0.4, -0.2) is 37.0 Å². The van der Waals surface area contributed by atoms with Crippen molar-refractivity contribution in [1.29, 1.82) is 0 Å². The summed E-state index contributed by atoms with van der Waals surface area (Å²) in [6.07, 6.45) is 0. The average molecular weight is 323 g/mol. The van der Waals surface area contributed by atoms with Crippen LogP contribution >= 0.6 is 0 Å². The van der Waals surface area contributed by atoms with Crippen molar-refractivity contribution in [1.82, 2.24) is 4.90 Å². The standard InChI is InChI=1S/C21H26N2O/c1-16-5-4-6-19(13-16)15-22-9-11-23(12-10-22)21(24)20-14-17(2)7-8-18(20)3/h4-8,13-14H,9-12,15H2,1-3H3/p+1. The fourth-order valence-electron chi connectivity index (χ4n) is 3.45. The van der Waals surface area contributed by atoms with Crippen molar-refractivity contribution in [3.05, 3.63) is 70.3 Å². The molecule has 0 atom stereocenters. The molecule has 0 aromatic heterocycles. The summed E-state index contributed by atoms with van der Waals surface area (Å²) >= 11 is 0. The van der Waals surface area contributed by atoms with Crippen LogP contribution in [0.25, 0.3) is 0 Å². The number of amides is 1. The molecule has 1 aliphatic heterocycles. The molecule has 1 heterocycles. The predicted octanol–water partition coefficient (Wildman–Crippen LogP) is 2.15. The molecule has 1 fully saturated rings. The van der Waals surface area contributed by atoms with E-state index in [1.807, 2.05) is 30.9 Å². The van der Waals surface area contributed by atoms with Gasteiger partial charge in [0.05, 0.1) is 26.2 Å². The maximum atomic E-state index is 12.8. The normalized spacial score (nSPS) is 15.5. The largest absolute Gasteiger partial charge is 0.328 e. The van der Waals surface area contributed by atoms with Crippen molar-refractivity contribution >= 4 is 5.91 Å². The number of carbonyl (C=O) groups is 1. The number of hydrogen-bond donors (Lipinski definition) is 1. The zero-order chi connectivity index (χ0) is 17.1. The number of carbonyl (C=O) groups excluding carboxylic acids is 1. The van der Waals surface area contributed by atoms with Gasteiger partial charge in [0.2, 0.25) is 0 Å². The summed E-state index contributed by atoms with van der Waals surface area (Å²) in [5.74, 6) is 0.186. The molecule has 0 saturated carbocycles. The monoisotopic (exact) mass is 323 g/mol. The van der Waals surface area contributed by atoms with E-state index < -0.39 is 0 Å². The maximum absolute atomic E-state index is 12.8. The second kappa shape index (κ2) is 7.18. The molecule has 2 aromatic rings. The first-order chi connectivity index (χ1) is 11.5. The Morgan fingerprint density at radius 3 is 2.42 bits per heavy atom. The van der Waals surface area contributed by atoms with Crippen LogP contribution < -0.4 is 4.90 Å². The van der Waals surface area contributed by atoms with Crippen molar-refractivity contribution in [2.75, 3.05) is 26.2 Å². The topological polar surface area (TPSA) is 24.8 Å². The van der Waals surface area contributed by atoms with E-state index in [9.17, 15) is 4.79 Å². The van der Waals surface area contributed by atoms with Crippen molar-refractivity contribution in [3.63, 3.8) is 0 Å². The van der Waals surface area contributed by atoms with Crippen molar-refractivity contribution < 1.29 is 9.69 Å². The molecule has 2 aromatic carbocycles. The summed E-state index contributed by atoms with van der Waals surface area (Å²) in [5.41, 5.74) is 5.78. The Kier molecular flexibility index (Phi) is 5.00. The number of hydrogen-bond acceptors (Lipinski definition) is 1. The third-order valence-electron chi connectivity index (χ3n) is 4.92. The van der Waals surface area contributed by atoms with Gasteiger partial charge < -0.3 is 9.80 Å². The van der Waals surface area contributed by atoms with Gasteiger partial charge in [0.15, 0.2) is 0 Å². The highest BCUT2D eigenvalue weighted by Crippen LogP contribution is 2.13. The van der Waals surface area contributed by atoms with E-state index in [4.69, 9.17) is 0 Å². The Hall–Kier alpha value is -2.13. The van der Waals surface area contributed by atoms with Crippen LogP contribution in [0.2, 0.25) is 0 Å². The molecule has 126 valence electrons. The van der Waals surface area contributed by atoms with Crippen molar-refractivity contribution in [3.8, 4) is 0 Å². The number of piperazine rings is 1. The molecule has 0 unspecified atom stereocenters. The van der Waals surface area contributed by atoms with E-state index in [-0.39, 0.29) is 5.91 Å². The molecular weight excluding hydrogens is 296 g/mol. The van der Waals surface area contributed by atoms with Crippen LogP contribution in [0.15, 0.2) is 42.5 Å². The number of nitrogens with one attached hydrogen (secondary N) is 1. The first-order valence-electron chi connectivity index (χ1n) is 8.78. The molecule has 0 bridgehead atoms. The van der Waals surface area contributed by atoms with E-state index in [1.54, 1.807) is 4.90 Å². The smallest absolute Gasteiger partial charge is 0.254 e. The third kappa shape index (κ3) is 3.85. The summed E-state index contributed by atoms with van der Waals surface area (Å²) in [4.78, 5) is 16.4. The van der Waals surface area contributed by atoms with Gasteiger partial charge in [0, 0.05) is 11.1 Å². The highest BCUT2D eigenvalue weighted by Gasteiger charge is 2.25. The number of aryl methyl sites for hydroxylation is 3. The maximum Gasteiger partial charge on any atom is 0.254 e. The van der Waals surface area contributed by atoms with Gasteiger partial charge in [-0.1, -0.05) is 47.5 Å². The third-order valence-corrected chi connectivity index (χ3v) is 4.92. The first kappa shape index (κ1) is 16.7. The van der Waals surface area contributed by atoms with Gasteiger partial charge in [-0.15, -0.1) is 0 Å². The van der Waals surface area contributed by atoms with Gasteiger partial charge in [-0.05, 0) is 32.4 Å². The van der Waals surface area contributed by atoms with Gasteiger partial charge in [-0.3, -0.25) is 4.79 Å². The molecule has 3 rings (SSSR count).